The van der Waals surface area contributed by atoms with Crippen molar-refractivity contribution in [3.05, 3.63) is 10.4 Å². The molecule has 6 heteroatoms. The van der Waals surface area contributed by atoms with Gasteiger partial charge in [-0.25, -0.2) is 0 Å². The number of carbonyl (C=O) groups excluding carboxylic acids is 2. The Hall–Kier alpha value is -1.39. The van der Waals surface area contributed by atoms with Crippen LogP contribution in [0.25, 0.3) is 10.4 Å². The van der Waals surface area contributed by atoms with E-state index in [4.69, 9.17) is 5.53 Å². The second kappa shape index (κ2) is 6.59. The van der Waals surface area contributed by atoms with E-state index in [9.17, 15) is 14.7 Å². The van der Waals surface area contributed by atoms with Gasteiger partial charge in [0, 0.05) is 23.2 Å². The third-order valence-corrected chi connectivity index (χ3v) is 9.00. The first-order valence-electron chi connectivity index (χ1n) is 10.6. The van der Waals surface area contributed by atoms with Crippen LogP contribution in [0.3, 0.4) is 0 Å². The summed E-state index contributed by atoms with van der Waals surface area (Å²) in [5.41, 5.74) is 8.27. The van der Waals surface area contributed by atoms with Gasteiger partial charge in [-0.2, -0.15) is 0 Å². The smallest absolute Gasteiger partial charge is 0.142 e. The second-order valence-electron chi connectivity index (χ2n) is 10.1. The average Bonchev–Trinajstić information content (AvgIpc) is 2.96. The molecule has 0 aromatic rings. The average molecular weight is 373 g/mol. The Kier molecular flexibility index (Phi) is 4.63. The minimum absolute atomic E-state index is 0.00439. The highest BCUT2D eigenvalue weighted by atomic mass is 16.3. The number of hydrogen-bond acceptors (Lipinski definition) is 4. The number of ketones is 2. The van der Waals surface area contributed by atoms with Crippen LogP contribution in [0.5, 0.6) is 0 Å². The molecule has 4 saturated carbocycles. The highest BCUT2D eigenvalue weighted by Gasteiger charge is 2.63. The second-order valence-corrected chi connectivity index (χ2v) is 10.1. The van der Waals surface area contributed by atoms with Gasteiger partial charge in [0.25, 0.3) is 0 Å². The van der Waals surface area contributed by atoms with Gasteiger partial charge in [-0.15, -0.1) is 0 Å². The molecule has 0 unspecified atom stereocenters. The summed E-state index contributed by atoms with van der Waals surface area (Å²) in [6.07, 6.45) is 6.80. The van der Waals surface area contributed by atoms with Crippen molar-refractivity contribution in [2.24, 2.45) is 45.5 Å². The fourth-order valence-electron chi connectivity index (χ4n) is 7.79. The largest absolute Gasteiger partial charge is 0.393 e. The van der Waals surface area contributed by atoms with Gasteiger partial charge in [-0.1, -0.05) is 19.0 Å². The standard InChI is InChI=1S/C21H31N3O3/c1-20-8-7-13(25)9-12(20)3-4-14-15-5-6-16(18(27)11-23-24-22)21(15,2)10-17(26)19(14)20/h12-16,19,25H,3-11H2,1-2H3/t12-,13+,14-,15-,16+,19+,20-,21-/m0/s1. The summed E-state index contributed by atoms with van der Waals surface area (Å²) in [7, 11) is 0. The molecule has 0 bridgehead atoms. The molecule has 6 nitrogen and oxygen atoms in total. The van der Waals surface area contributed by atoms with Crippen LogP contribution in [0.1, 0.15) is 65.2 Å². The van der Waals surface area contributed by atoms with E-state index in [1.165, 1.54) is 0 Å². The molecule has 4 aliphatic rings. The summed E-state index contributed by atoms with van der Waals surface area (Å²) in [4.78, 5) is 28.8. The van der Waals surface area contributed by atoms with Gasteiger partial charge in [0.05, 0.1) is 12.6 Å². The van der Waals surface area contributed by atoms with Gasteiger partial charge >= 0.3 is 0 Å². The molecule has 4 rings (SSSR count). The van der Waals surface area contributed by atoms with Crippen LogP contribution in [-0.2, 0) is 9.59 Å². The fourth-order valence-corrected chi connectivity index (χ4v) is 7.79. The molecule has 0 aliphatic heterocycles. The topological polar surface area (TPSA) is 103 Å². The summed E-state index contributed by atoms with van der Waals surface area (Å²) in [5, 5.41) is 13.6. The number of fused-ring (bicyclic) bond motifs is 5. The van der Waals surface area contributed by atoms with E-state index >= 15 is 0 Å². The van der Waals surface area contributed by atoms with Crippen LogP contribution in [0.4, 0.5) is 0 Å². The Bertz CT molecular complexity index is 703. The Morgan fingerprint density at radius 2 is 2.00 bits per heavy atom. The van der Waals surface area contributed by atoms with E-state index < -0.39 is 0 Å². The number of azide groups is 1. The maximum absolute atomic E-state index is 13.4. The van der Waals surface area contributed by atoms with Crippen molar-refractivity contribution in [3.8, 4) is 0 Å². The van der Waals surface area contributed by atoms with Crippen molar-refractivity contribution in [2.75, 3.05) is 6.54 Å². The Morgan fingerprint density at radius 1 is 1.22 bits per heavy atom. The van der Waals surface area contributed by atoms with Crippen LogP contribution in [0, 0.1) is 40.4 Å². The SMILES string of the molecule is C[C@]12CC[C@@H](O)C[C@@H]1CC[C@H]1[C@@H]3CC[C@H](C(=O)CN=[N+]=[N-])[C@@]3(C)CC(=O)[C@@H]12. The highest BCUT2D eigenvalue weighted by molar-refractivity contribution is 5.88. The Labute approximate surface area is 160 Å². The lowest BCUT2D eigenvalue weighted by Gasteiger charge is -2.59. The minimum Gasteiger partial charge on any atom is -0.393 e. The lowest BCUT2D eigenvalue weighted by Crippen LogP contribution is -2.58. The molecule has 0 amide bonds. The van der Waals surface area contributed by atoms with Crippen molar-refractivity contribution in [1.82, 2.24) is 0 Å². The maximum Gasteiger partial charge on any atom is 0.142 e. The molecule has 0 spiro atoms. The van der Waals surface area contributed by atoms with Crippen LogP contribution in [0.15, 0.2) is 5.11 Å². The molecule has 1 N–H and O–H groups in total. The van der Waals surface area contributed by atoms with Gasteiger partial charge in [-0.3, -0.25) is 9.59 Å². The summed E-state index contributed by atoms with van der Waals surface area (Å²) < 4.78 is 0. The number of carbonyl (C=O) groups is 2. The van der Waals surface area contributed by atoms with E-state index in [2.05, 4.69) is 23.9 Å². The molecule has 0 aromatic carbocycles. The highest BCUT2D eigenvalue weighted by Crippen LogP contribution is 2.66. The number of rotatable bonds is 3. The zero-order valence-corrected chi connectivity index (χ0v) is 16.4. The van der Waals surface area contributed by atoms with Gasteiger partial charge in [-0.05, 0) is 79.1 Å². The van der Waals surface area contributed by atoms with Crippen molar-refractivity contribution < 1.29 is 14.7 Å². The first-order chi connectivity index (χ1) is 12.8. The van der Waals surface area contributed by atoms with E-state index in [1.807, 2.05) is 0 Å². The van der Waals surface area contributed by atoms with Crippen LogP contribution >= 0.6 is 0 Å². The molecule has 0 saturated heterocycles. The monoisotopic (exact) mass is 373 g/mol. The van der Waals surface area contributed by atoms with Crippen molar-refractivity contribution in [3.63, 3.8) is 0 Å². The summed E-state index contributed by atoms with van der Waals surface area (Å²) >= 11 is 0. The van der Waals surface area contributed by atoms with Crippen LogP contribution in [-0.4, -0.2) is 29.3 Å². The predicted molar refractivity (Wildman–Crippen MR) is 101 cm³/mol. The van der Waals surface area contributed by atoms with E-state index in [-0.39, 0.29) is 41.1 Å². The molecule has 4 fully saturated rings. The summed E-state index contributed by atoms with van der Waals surface area (Å²) in [6.45, 7) is 4.33. The first kappa shape index (κ1) is 18.9. The third kappa shape index (κ3) is 2.75. The quantitative estimate of drug-likeness (QED) is 0.458. The minimum atomic E-state index is -0.280. The van der Waals surface area contributed by atoms with Crippen LogP contribution in [0.2, 0.25) is 0 Å². The van der Waals surface area contributed by atoms with Gasteiger partial charge in [0.2, 0.25) is 0 Å². The maximum atomic E-state index is 13.4. The van der Waals surface area contributed by atoms with Crippen LogP contribution < -0.4 is 0 Å². The molecule has 148 valence electrons. The van der Waals surface area contributed by atoms with Gasteiger partial charge < -0.3 is 5.11 Å². The van der Waals surface area contributed by atoms with Crippen molar-refractivity contribution >= 4 is 11.6 Å². The van der Waals surface area contributed by atoms with E-state index in [1.54, 1.807) is 0 Å². The molecule has 27 heavy (non-hydrogen) atoms. The lowest BCUT2D eigenvalue weighted by atomic mass is 9.44. The predicted octanol–water partition coefficient (Wildman–Crippen LogP) is 4.06. The van der Waals surface area contributed by atoms with Crippen molar-refractivity contribution in [1.29, 1.82) is 0 Å². The fraction of sp³-hybridized carbons (Fsp3) is 0.905. The third-order valence-electron chi connectivity index (χ3n) is 9.00. The Balaban J connectivity index is 1.62. The normalized spacial score (nSPS) is 48.8. The zero-order valence-electron chi connectivity index (χ0n) is 16.4. The molecular formula is C21H31N3O3. The zero-order chi connectivity index (χ0) is 19.4. The molecule has 8 atom stereocenters. The first-order valence-corrected chi connectivity index (χ1v) is 10.6. The number of Topliss-reactive ketones (excluding diaryl/α,β-unsaturated/α-hetero) is 2. The molecule has 0 heterocycles. The van der Waals surface area contributed by atoms with Gasteiger partial charge in [0.1, 0.15) is 11.6 Å². The van der Waals surface area contributed by atoms with E-state index in [0.29, 0.717) is 30.0 Å². The number of aliphatic hydroxyl groups is 1. The summed E-state index contributed by atoms with van der Waals surface area (Å²) in [5.74, 6) is 1.49. The molecular weight excluding hydrogens is 342 g/mol. The molecule has 0 aromatic heterocycles. The summed E-state index contributed by atoms with van der Waals surface area (Å²) in [6, 6.07) is 0. The number of nitrogens with zero attached hydrogens (tertiary/aromatic N) is 3. The molecule has 4 aliphatic carbocycles. The molecule has 0 radical (unpaired) electrons. The van der Waals surface area contributed by atoms with E-state index in [0.717, 1.165) is 44.9 Å². The van der Waals surface area contributed by atoms with Gasteiger partial charge in [0.15, 0.2) is 0 Å². The lowest BCUT2D eigenvalue weighted by molar-refractivity contribution is -0.162. The van der Waals surface area contributed by atoms with Crippen molar-refractivity contribution in [2.45, 2.75) is 71.3 Å². The Morgan fingerprint density at radius 3 is 2.74 bits per heavy atom. The number of aliphatic hydroxyl groups excluding tert-OH is 1. The number of hydrogen-bond donors (Lipinski definition) is 1.